The van der Waals surface area contributed by atoms with E-state index in [1.807, 2.05) is 36.4 Å². The molecule has 0 radical (unpaired) electrons. The lowest BCUT2D eigenvalue weighted by atomic mass is 10.2. The van der Waals surface area contributed by atoms with Crippen LogP contribution in [0.15, 0.2) is 53.5 Å². The Kier molecular flexibility index (Phi) is 3.78. The Morgan fingerprint density at radius 3 is 2.71 bits per heavy atom. The molecule has 0 heterocycles. The van der Waals surface area contributed by atoms with Gasteiger partial charge in [-0.05, 0) is 42.8 Å². The third-order valence-corrected chi connectivity index (χ3v) is 2.51. The zero-order valence-electron chi connectivity index (χ0n) is 9.52. The topological polar surface area (TPSA) is 24.4 Å². The van der Waals surface area contributed by atoms with Crippen molar-refractivity contribution in [3.63, 3.8) is 0 Å². The van der Waals surface area contributed by atoms with Gasteiger partial charge in [-0.3, -0.25) is 0 Å². The molecule has 2 nitrogen and oxygen atoms in total. The molecule has 0 fully saturated rings. The Labute approximate surface area is 106 Å². The number of benzene rings is 2. The molecular weight excluding hydrogens is 232 g/mol. The van der Waals surface area contributed by atoms with E-state index in [4.69, 9.17) is 11.6 Å². The zero-order chi connectivity index (χ0) is 12.1. The van der Waals surface area contributed by atoms with Crippen molar-refractivity contribution in [1.29, 1.82) is 0 Å². The molecule has 1 N–H and O–H groups in total. The van der Waals surface area contributed by atoms with E-state index in [1.165, 1.54) is 5.56 Å². The van der Waals surface area contributed by atoms with Crippen LogP contribution in [0.25, 0.3) is 0 Å². The first kappa shape index (κ1) is 11.7. The van der Waals surface area contributed by atoms with Crippen molar-refractivity contribution < 1.29 is 0 Å². The van der Waals surface area contributed by atoms with Crippen LogP contribution in [0.5, 0.6) is 0 Å². The van der Waals surface area contributed by atoms with Crippen molar-refractivity contribution >= 4 is 29.3 Å². The summed E-state index contributed by atoms with van der Waals surface area (Å²) in [4.78, 5) is 4.27. The average molecular weight is 245 g/mol. The minimum Gasteiger partial charge on any atom is -0.346 e. The van der Waals surface area contributed by atoms with Gasteiger partial charge in [0.05, 0.1) is 12.0 Å². The number of hydrogen-bond acceptors (Lipinski definition) is 1. The molecule has 2 aromatic rings. The normalized spacial score (nSPS) is 10.7. The lowest BCUT2D eigenvalue weighted by Gasteiger charge is -2.01. The van der Waals surface area contributed by atoms with Gasteiger partial charge >= 0.3 is 0 Å². The summed E-state index contributed by atoms with van der Waals surface area (Å²) in [5.41, 5.74) is 3.07. The van der Waals surface area contributed by atoms with Gasteiger partial charge in [0.1, 0.15) is 0 Å². The average Bonchev–Trinajstić information content (AvgIpc) is 2.29. The van der Waals surface area contributed by atoms with Crippen molar-refractivity contribution in [2.75, 3.05) is 5.32 Å². The molecule has 86 valence electrons. The third-order valence-electron chi connectivity index (χ3n) is 2.27. The fraction of sp³-hybridized carbons (Fsp3) is 0.0714. The van der Waals surface area contributed by atoms with Crippen LogP contribution in [0.4, 0.5) is 11.4 Å². The quantitative estimate of drug-likeness (QED) is 0.627. The lowest BCUT2D eigenvalue weighted by Crippen LogP contribution is -1.93. The molecule has 2 rings (SSSR count). The summed E-state index contributed by atoms with van der Waals surface area (Å²) in [7, 11) is 0. The maximum Gasteiger partial charge on any atom is 0.0930 e. The Hall–Kier alpha value is -1.80. The summed E-state index contributed by atoms with van der Waals surface area (Å²) in [5.74, 6) is 0. The fourth-order valence-corrected chi connectivity index (χ4v) is 1.66. The first-order valence-electron chi connectivity index (χ1n) is 5.35. The smallest absolute Gasteiger partial charge is 0.0930 e. The predicted octanol–water partition coefficient (Wildman–Crippen LogP) is 4.42. The standard InChI is InChI=1S/C14H13ClN2/c1-11-4-2-6-13(8-11)16-10-17-14-7-3-5-12(15)9-14/h2-10H,1H3,(H,16,17). The summed E-state index contributed by atoms with van der Waals surface area (Å²) < 4.78 is 0. The van der Waals surface area contributed by atoms with Crippen molar-refractivity contribution in [2.24, 2.45) is 4.99 Å². The fourth-order valence-electron chi connectivity index (χ4n) is 1.47. The predicted molar refractivity (Wildman–Crippen MR) is 74.4 cm³/mol. The van der Waals surface area contributed by atoms with Crippen LogP contribution in [0.2, 0.25) is 5.02 Å². The molecule has 0 aliphatic rings. The van der Waals surface area contributed by atoms with E-state index in [1.54, 1.807) is 6.34 Å². The van der Waals surface area contributed by atoms with Gasteiger partial charge in [-0.15, -0.1) is 0 Å². The number of aliphatic imine (C=N–C) groups is 1. The highest BCUT2D eigenvalue weighted by atomic mass is 35.5. The maximum atomic E-state index is 5.87. The molecule has 0 saturated heterocycles. The van der Waals surface area contributed by atoms with Crippen LogP contribution in [0.3, 0.4) is 0 Å². The van der Waals surface area contributed by atoms with Gasteiger partial charge in [0.25, 0.3) is 0 Å². The number of hydrogen-bond donors (Lipinski definition) is 1. The second-order valence-electron chi connectivity index (χ2n) is 3.75. The minimum atomic E-state index is 0.690. The summed E-state index contributed by atoms with van der Waals surface area (Å²) in [6, 6.07) is 15.5. The van der Waals surface area contributed by atoms with Crippen molar-refractivity contribution in [3.05, 3.63) is 59.1 Å². The molecule has 3 heteroatoms. The first-order valence-corrected chi connectivity index (χ1v) is 5.73. The highest BCUT2D eigenvalue weighted by molar-refractivity contribution is 6.30. The van der Waals surface area contributed by atoms with E-state index in [9.17, 15) is 0 Å². The van der Waals surface area contributed by atoms with Crippen LogP contribution in [-0.2, 0) is 0 Å². The largest absolute Gasteiger partial charge is 0.346 e. The van der Waals surface area contributed by atoms with Crippen LogP contribution < -0.4 is 5.32 Å². The van der Waals surface area contributed by atoms with E-state index in [-0.39, 0.29) is 0 Å². The third kappa shape index (κ3) is 3.61. The molecule has 0 atom stereocenters. The lowest BCUT2D eigenvalue weighted by molar-refractivity contribution is 1.46. The summed E-state index contributed by atoms with van der Waals surface area (Å²) in [5, 5.41) is 3.81. The molecule has 0 bridgehead atoms. The van der Waals surface area contributed by atoms with Gasteiger partial charge in [-0.1, -0.05) is 29.8 Å². The molecule has 0 aliphatic heterocycles. The zero-order valence-corrected chi connectivity index (χ0v) is 10.3. The molecule has 2 aromatic carbocycles. The molecule has 17 heavy (non-hydrogen) atoms. The van der Waals surface area contributed by atoms with E-state index < -0.39 is 0 Å². The molecule has 0 aromatic heterocycles. The van der Waals surface area contributed by atoms with Crippen molar-refractivity contribution in [1.82, 2.24) is 0 Å². The summed E-state index contributed by atoms with van der Waals surface area (Å²) >= 11 is 5.87. The van der Waals surface area contributed by atoms with Gasteiger partial charge in [0.2, 0.25) is 0 Å². The molecule has 0 spiro atoms. The number of rotatable bonds is 3. The monoisotopic (exact) mass is 244 g/mol. The maximum absolute atomic E-state index is 5.87. The highest BCUT2D eigenvalue weighted by Crippen LogP contribution is 2.17. The number of nitrogens with zero attached hydrogens (tertiary/aromatic N) is 1. The number of aryl methyl sites for hydroxylation is 1. The molecule has 0 amide bonds. The van der Waals surface area contributed by atoms with E-state index in [0.29, 0.717) is 5.02 Å². The number of anilines is 1. The van der Waals surface area contributed by atoms with Crippen molar-refractivity contribution in [2.45, 2.75) is 6.92 Å². The molecule has 0 aliphatic carbocycles. The van der Waals surface area contributed by atoms with E-state index in [2.05, 4.69) is 29.4 Å². The highest BCUT2D eigenvalue weighted by Gasteiger charge is 1.91. The van der Waals surface area contributed by atoms with Crippen LogP contribution in [-0.4, -0.2) is 6.34 Å². The Morgan fingerprint density at radius 2 is 1.94 bits per heavy atom. The molecular formula is C14H13ClN2. The van der Waals surface area contributed by atoms with Gasteiger partial charge < -0.3 is 5.32 Å². The van der Waals surface area contributed by atoms with Crippen molar-refractivity contribution in [3.8, 4) is 0 Å². The van der Waals surface area contributed by atoms with Gasteiger partial charge in [0.15, 0.2) is 0 Å². The van der Waals surface area contributed by atoms with Gasteiger partial charge in [-0.2, -0.15) is 0 Å². The number of nitrogens with one attached hydrogen (secondary N) is 1. The van der Waals surface area contributed by atoms with E-state index in [0.717, 1.165) is 11.4 Å². The summed E-state index contributed by atoms with van der Waals surface area (Å²) in [6.07, 6.45) is 1.67. The van der Waals surface area contributed by atoms with Crippen LogP contribution >= 0.6 is 11.6 Å². The van der Waals surface area contributed by atoms with Gasteiger partial charge in [-0.25, -0.2) is 4.99 Å². The SMILES string of the molecule is Cc1cccc(NC=Nc2cccc(Cl)c2)c1. The van der Waals surface area contributed by atoms with Gasteiger partial charge in [0, 0.05) is 10.7 Å². The Balaban J connectivity index is 2.03. The second-order valence-corrected chi connectivity index (χ2v) is 4.19. The Morgan fingerprint density at radius 1 is 1.12 bits per heavy atom. The minimum absolute atomic E-state index is 0.690. The molecule has 0 unspecified atom stereocenters. The van der Waals surface area contributed by atoms with Crippen LogP contribution in [0, 0.1) is 6.92 Å². The molecule has 0 saturated carbocycles. The first-order chi connectivity index (χ1) is 8.24. The Bertz CT molecular complexity index is 535. The van der Waals surface area contributed by atoms with E-state index >= 15 is 0 Å². The second kappa shape index (κ2) is 5.51. The summed E-state index contributed by atoms with van der Waals surface area (Å²) in [6.45, 7) is 2.05. The number of halogens is 1. The van der Waals surface area contributed by atoms with Crippen LogP contribution in [0.1, 0.15) is 5.56 Å².